The van der Waals surface area contributed by atoms with Crippen molar-refractivity contribution in [1.29, 1.82) is 0 Å². The molecule has 28 heavy (non-hydrogen) atoms. The molecule has 5 heteroatoms. The highest BCUT2D eigenvalue weighted by molar-refractivity contribution is 7.10. The summed E-state index contributed by atoms with van der Waals surface area (Å²) >= 11 is 1.77. The molecule has 2 atom stereocenters. The van der Waals surface area contributed by atoms with Crippen LogP contribution in [-0.4, -0.2) is 26.1 Å². The predicted molar refractivity (Wildman–Crippen MR) is 112 cm³/mol. The van der Waals surface area contributed by atoms with Crippen LogP contribution < -0.4 is 15.0 Å². The fraction of sp³-hybridized carbons (Fsp3) is 0.261. The molecule has 2 heterocycles. The van der Waals surface area contributed by atoms with Gasteiger partial charge in [-0.15, -0.1) is 11.3 Å². The van der Waals surface area contributed by atoms with Gasteiger partial charge in [-0.25, -0.2) is 0 Å². The first-order valence-electron chi connectivity index (χ1n) is 9.61. The minimum absolute atomic E-state index is 0.0407. The largest absolute Gasteiger partial charge is 0.497 e. The molecule has 4 nitrogen and oxygen atoms in total. The van der Waals surface area contributed by atoms with Gasteiger partial charge in [0.25, 0.3) is 5.91 Å². The molecule has 0 spiro atoms. The Hall–Kier alpha value is -2.63. The minimum atomic E-state index is -0.0407. The molecule has 0 aliphatic carbocycles. The molecule has 0 bridgehead atoms. The van der Waals surface area contributed by atoms with E-state index in [1.165, 1.54) is 20.9 Å². The lowest BCUT2D eigenvalue weighted by atomic mass is 9.98. The second-order valence-electron chi connectivity index (χ2n) is 7.11. The van der Waals surface area contributed by atoms with Gasteiger partial charge in [-0.2, -0.15) is 0 Å². The topological polar surface area (TPSA) is 42.8 Å². The molecular formula is C23H25N2O2S+. The number of fused-ring (bicyclic) bond motifs is 1. The first-order valence-corrected chi connectivity index (χ1v) is 10.5. The van der Waals surface area contributed by atoms with E-state index < -0.39 is 0 Å². The standard InChI is InChI=1S/C23H24N2O2S/c1-27-20-10-8-18(9-11-20)23(26)24-15-21(22-7-4-14-28-22)25-13-12-17-5-2-3-6-19(17)16-25/h2-11,14,21H,12-13,15-16H2,1H3,(H,24,26)/p+1/t21-/m0/s1. The lowest BCUT2D eigenvalue weighted by Crippen LogP contribution is -3.12. The average Bonchev–Trinajstić information content (AvgIpc) is 3.28. The highest BCUT2D eigenvalue weighted by atomic mass is 32.1. The second kappa shape index (κ2) is 8.59. The second-order valence-corrected chi connectivity index (χ2v) is 8.09. The third-order valence-electron chi connectivity index (χ3n) is 5.45. The van der Waals surface area contributed by atoms with E-state index in [-0.39, 0.29) is 11.9 Å². The lowest BCUT2D eigenvalue weighted by molar-refractivity contribution is -0.945. The number of methoxy groups -OCH3 is 1. The molecule has 1 aliphatic heterocycles. The molecule has 1 unspecified atom stereocenters. The summed E-state index contributed by atoms with van der Waals surface area (Å²) in [6.45, 7) is 2.71. The van der Waals surface area contributed by atoms with Gasteiger partial charge in [0.1, 0.15) is 18.3 Å². The van der Waals surface area contributed by atoms with Crippen LogP contribution in [-0.2, 0) is 13.0 Å². The van der Waals surface area contributed by atoms with E-state index in [1.807, 2.05) is 12.1 Å². The molecule has 0 saturated carbocycles. The molecule has 1 aliphatic rings. The normalized spacial score (nSPS) is 16.8. The maximum absolute atomic E-state index is 12.6. The van der Waals surface area contributed by atoms with E-state index in [1.54, 1.807) is 30.6 Å². The molecule has 1 aromatic heterocycles. The van der Waals surface area contributed by atoms with E-state index >= 15 is 0 Å². The van der Waals surface area contributed by atoms with Crippen LogP contribution in [0.5, 0.6) is 5.75 Å². The van der Waals surface area contributed by atoms with Gasteiger partial charge in [-0.3, -0.25) is 4.79 Å². The van der Waals surface area contributed by atoms with E-state index in [0.717, 1.165) is 25.3 Å². The van der Waals surface area contributed by atoms with Crippen LogP contribution in [0.25, 0.3) is 0 Å². The number of quaternary nitrogens is 1. The number of thiophene rings is 1. The summed E-state index contributed by atoms with van der Waals surface area (Å²) in [5.41, 5.74) is 3.54. The Morgan fingerprint density at radius 2 is 1.89 bits per heavy atom. The quantitative estimate of drug-likeness (QED) is 0.676. The smallest absolute Gasteiger partial charge is 0.251 e. The van der Waals surface area contributed by atoms with Crippen LogP contribution in [0.1, 0.15) is 32.4 Å². The van der Waals surface area contributed by atoms with Crippen molar-refractivity contribution in [2.75, 3.05) is 20.2 Å². The number of nitrogens with one attached hydrogen (secondary N) is 2. The zero-order valence-corrected chi connectivity index (χ0v) is 16.8. The summed E-state index contributed by atoms with van der Waals surface area (Å²) in [4.78, 5) is 15.5. The maximum atomic E-state index is 12.6. The van der Waals surface area contributed by atoms with Gasteiger partial charge in [-0.1, -0.05) is 30.3 Å². The van der Waals surface area contributed by atoms with Crippen LogP contribution in [0.15, 0.2) is 66.0 Å². The van der Waals surface area contributed by atoms with E-state index in [4.69, 9.17) is 4.74 Å². The number of amides is 1. The molecule has 3 aromatic rings. The molecule has 144 valence electrons. The number of hydrogen-bond acceptors (Lipinski definition) is 3. The zero-order valence-electron chi connectivity index (χ0n) is 16.0. The van der Waals surface area contributed by atoms with Gasteiger partial charge < -0.3 is 15.0 Å². The highest BCUT2D eigenvalue weighted by Crippen LogP contribution is 2.19. The van der Waals surface area contributed by atoms with Crippen LogP contribution >= 0.6 is 11.3 Å². The van der Waals surface area contributed by atoms with Crippen molar-refractivity contribution < 1.29 is 14.4 Å². The van der Waals surface area contributed by atoms with Gasteiger partial charge in [0.05, 0.1) is 25.1 Å². The lowest BCUT2D eigenvalue weighted by Gasteiger charge is -2.32. The van der Waals surface area contributed by atoms with E-state index in [2.05, 4.69) is 47.1 Å². The third kappa shape index (κ3) is 4.11. The fourth-order valence-corrected chi connectivity index (χ4v) is 4.76. The molecule has 2 aromatic carbocycles. The molecule has 4 rings (SSSR count). The number of hydrogen-bond donors (Lipinski definition) is 2. The van der Waals surface area contributed by atoms with Gasteiger partial charge in [0, 0.05) is 17.5 Å². The number of rotatable bonds is 6. The van der Waals surface area contributed by atoms with Gasteiger partial charge in [0.2, 0.25) is 0 Å². The molecule has 2 N–H and O–H groups in total. The van der Waals surface area contributed by atoms with Crippen molar-refractivity contribution >= 4 is 17.2 Å². The molecule has 0 saturated heterocycles. The van der Waals surface area contributed by atoms with Crippen LogP contribution in [0.4, 0.5) is 0 Å². The van der Waals surface area contributed by atoms with Crippen molar-refractivity contribution in [2.24, 2.45) is 0 Å². The molecule has 1 amide bonds. The van der Waals surface area contributed by atoms with Crippen molar-refractivity contribution in [1.82, 2.24) is 5.32 Å². The van der Waals surface area contributed by atoms with Gasteiger partial charge >= 0.3 is 0 Å². The number of carbonyl (C=O) groups is 1. The monoisotopic (exact) mass is 393 g/mol. The summed E-state index contributed by atoms with van der Waals surface area (Å²) < 4.78 is 5.17. The Morgan fingerprint density at radius 3 is 2.61 bits per heavy atom. The molecule has 0 radical (unpaired) electrons. The number of benzene rings is 2. The number of carbonyl (C=O) groups excluding carboxylic acids is 1. The van der Waals surface area contributed by atoms with Crippen molar-refractivity contribution in [3.8, 4) is 5.75 Å². The summed E-state index contributed by atoms with van der Waals surface area (Å²) in [7, 11) is 1.63. The van der Waals surface area contributed by atoms with Crippen molar-refractivity contribution in [3.05, 3.63) is 87.6 Å². The first kappa shape index (κ1) is 18.7. The highest BCUT2D eigenvalue weighted by Gasteiger charge is 2.29. The van der Waals surface area contributed by atoms with Crippen LogP contribution in [0, 0.1) is 0 Å². The SMILES string of the molecule is COc1ccc(C(=O)NC[C@@H](c2cccs2)[NH+]2CCc3ccccc3C2)cc1. The van der Waals surface area contributed by atoms with E-state index in [9.17, 15) is 4.79 Å². The molecular weight excluding hydrogens is 368 g/mol. The van der Waals surface area contributed by atoms with Crippen LogP contribution in [0.3, 0.4) is 0 Å². The summed E-state index contributed by atoms with van der Waals surface area (Å²) in [6, 6.07) is 20.5. The Kier molecular flexibility index (Phi) is 5.74. The van der Waals surface area contributed by atoms with E-state index in [0.29, 0.717) is 12.1 Å². The Labute approximate surface area is 169 Å². The van der Waals surface area contributed by atoms with Gasteiger partial charge in [0.15, 0.2) is 0 Å². The summed E-state index contributed by atoms with van der Waals surface area (Å²) in [6.07, 6.45) is 1.08. The van der Waals surface area contributed by atoms with Gasteiger partial charge in [-0.05, 0) is 41.3 Å². The Balaban J connectivity index is 1.47. The first-order chi connectivity index (χ1) is 13.7. The zero-order chi connectivity index (χ0) is 19.3. The Morgan fingerprint density at radius 1 is 1.11 bits per heavy atom. The Bertz CT molecular complexity index is 922. The maximum Gasteiger partial charge on any atom is 0.251 e. The van der Waals surface area contributed by atoms with Crippen LogP contribution in [0.2, 0.25) is 0 Å². The molecule has 0 fully saturated rings. The van der Waals surface area contributed by atoms with Crippen molar-refractivity contribution in [3.63, 3.8) is 0 Å². The fourth-order valence-electron chi connectivity index (χ4n) is 3.87. The minimum Gasteiger partial charge on any atom is -0.497 e. The summed E-state index contributed by atoms with van der Waals surface area (Å²) in [5, 5.41) is 5.27. The number of ether oxygens (including phenoxy) is 1. The predicted octanol–water partition coefficient (Wildman–Crippen LogP) is 2.87. The average molecular weight is 394 g/mol. The summed E-state index contributed by atoms with van der Waals surface area (Å²) in [5.74, 6) is 0.713. The van der Waals surface area contributed by atoms with Crippen molar-refractivity contribution in [2.45, 2.75) is 19.0 Å². The third-order valence-corrected chi connectivity index (χ3v) is 6.44.